The van der Waals surface area contributed by atoms with E-state index in [2.05, 4.69) is 10.7 Å². The molecular weight excluding hydrogens is 140 g/mol. The van der Waals surface area contributed by atoms with E-state index in [0.29, 0.717) is 0 Å². The van der Waals surface area contributed by atoms with Gasteiger partial charge in [0, 0.05) is 6.07 Å². The molecule has 1 rings (SSSR count). The summed E-state index contributed by atoms with van der Waals surface area (Å²) in [5.41, 5.74) is 0. The van der Waals surface area contributed by atoms with Crippen molar-refractivity contribution in [1.29, 1.82) is 0 Å². The van der Waals surface area contributed by atoms with Crippen LogP contribution in [-0.2, 0) is 0 Å². The van der Waals surface area contributed by atoms with Crippen molar-refractivity contribution in [3.8, 4) is 5.75 Å². The second kappa shape index (κ2) is 2.62. The van der Waals surface area contributed by atoms with Crippen LogP contribution in [0.1, 0.15) is 0 Å². The summed E-state index contributed by atoms with van der Waals surface area (Å²) in [5, 5.41) is 0. The molecule has 0 saturated carbocycles. The lowest BCUT2D eigenvalue weighted by atomic mass is 10.3. The van der Waals surface area contributed by atoms with E-state index in [-0.39, 0.29) is 5.75 Å². The predicted molar refractivity (Wildman–Crippen MR) is 31.2 cm³/mol. The normalized spacial score (nSPS) is 9.50. The van der Waals surface area contributed by atoms with Gasteiger partial charge in [0.2, 0.25) is 0 Å². The SMILES string of the molecule is NOc1cc(F)ccc1F. The molecule has 0 aliphatic carbocycles. The standard InChI is InChI=1S/C6H5F2NO/c7-4-1-2-5(8)6(3-4)10-9/h1-3H,9H2. The molecule has 0 spiro atoms. The third-order valence-electron chi connectivity index (χ3n) is 1.02. The van der Waals surface area contributed by atoms with Gasteiger partial charge in [0.15, 0.2) is 11.6 Å². The van der Waals surface area contributed by atoms with Crippen LogP contribution in [0.3, 0.4) is 0 Å². The van der Waals surface area contributed by atoms with Crippen LogP contribution in [0, 0.1) is 11.6 Å². The van der Waals surface area contributed by atoms with Gasteiger partial charge in [0.05, 0.1) is 0 Å². The number of hydrogen-bond acceptors (Lipinski definition) is 2. The molecule has 0 atom stereocenters. The fourth-order valence-corrected chi connectivity index (χ4v) is 0.568. The molecule has 0 unspecified atom stereocenters. The Bertz CT molecular complexity index is 239. The first-order valence-corrected chi connectivity index (χ1v) is 2.56. The first kappa shape index (κ1) is 6.95. The Morgan fingerprint density at radius 3 is 2.50 bits per heavy atom. The minimum absolute atomic E-state index is 0.292. The van der Waals surface area contributed by atoms with Crippen LogP contribution >= 0.6 is 0 Å². The molecule has 0 heterocycles. The Balaban J connectivity index is 3.09. The van der Waals surface area contributed by atoms with Gasteiger partial charge in [-0.2, -0.15) is 5.90 Å². The molecule has 54 valence electrons. The van der Waals surface area contributed by atoms with Gasteiger partial charge in [0.25, 0.3) is 0 Å². The minimum atomic E-state index is -0.677. The molecule has 2 N–H and O–H groups in total. The van der Waals surface area contributed by atoms with Gasteiger partial charge >= 0.3 is 0 Å². The Hall–Kier alpha value is -1.16. The lowest BCUT2D eigenvalue weighted by molar-refractivity contribution is 0.313. The first-order valence-electron chi connectivity index (χ1n) is 2.56. The van der Waals surface area contributed by atoms with Crippen molar-refractivity contribution in [3.05, 3.63) is 29.8 Å². The van der Waals surface area contributed by atoms with Gasteiger partial charge in [-0.25, -0.2) is 8.78 Å². The van der Waals surface area contributed by atoms with E-state index in [1.54, 1.807) is 0 Å². The van der Waals surface area contributed by atoms with E-state index in [0.717, 1.165) is 18.2 Å². The topological polar surface area (TPSA) is 35.2 Å². The van der Waals surface area contributed by atoms with Crippen LogP contribution in [0.2, 0.25) is 0 Å². The number of nitrogens with two attached hydrogens (primary N) is 1. The van der Waals surface area contributed by atoms with E-state index in [9.17, 15) is 8.78 Å². The monoisotopic (exact) mass is 145 g/mol. The molecule has 0 aliphatic heterocycles. The lowest BCUT2D eigenvalue weighted by Gasteiger charge is -1.97. The maximum Gasteiger partial charge on any atom is 0.185 e. The number of rotatable bonds is 1. The van der Waals surface area contributed by atoms with Gasteiger partial charge in [-0.05, 0) is 12.1 Å². The molecular formula is C6H5F2NO. The van der Waals surface area contributed by atoms with E-state index < -0.39 is 11.6 Å². The van der Waals surface area contributed by atoms with Gasteiger partial charge in [-0.3, -0.25) is 0 Å². The molecule has 0 radical (unpaired) electrons. The minimum Gasteiger partial charge on any atom is -0.408 e. The Labute approximate surface area is 56.2 Å². The van der Waals surface area contributed by atoms with Gasteiger partial charge in [-0.1, -0.05) is 0 Å². The van der Waals surface area contributed by atoms with Gasteiger partial charge in [0.1, 0.15) is 5.82 Å². The quantitative estimate of drug-likeness (QED) is 0.603. The summed E-state index contributed by atoms with van der Waals surface area (Å²) < 4.78 is 24.6. The highest BCUT2D eigenvalue weighted by Crippen LogP contribution is 2.15. The van der Waals surface area contributed by atoms with E-state index in [4.69, 9.17) is 0 Å². The van der Waals surface area contributed by atoms with Crippen molar-refractivity contribution in [2.45, 2.75) is 0 Å². The molecule has 10 heavy (non-hydrogen) atoms. The highest BCUT2D eigenvalue weighted by atomic mass is 19.1. The molecule has 0 aromatic heterocycles. The van der Waals surface area contributed by atoms with E-state index in [1.807, 2.05) is 0 Å². The highest BCUT2D eigenvalue weighted by Gasteiger charge is 2.02. The predicted octanol–water partition coefficient (Wildman–Crippen LogP) is 1.22. The average molecular weight is 145 g/mol. The Morgan fingerprint density at radius 1 is 1.30 bits per heavy atom. The average Bonchev–Trinajstić information content (AvgIpc) is 1.94. The zero-order chi connectivity index (χ0) is 7.56. The van der Waals surface area contributed by atoms with Crippen LogP contribution in [-0.4, -0.2) is 0 Å². The maximum absolute atomic E-state index is 12.4. The van der Waals surface area contributed by atoms with Crippen LogP contribution in [0.25, 0.3) is 0 Å². The van der Waals surface area contributed by atoms with Crippen molar-refractivity contribution in [3.63, 3.8) is 0 Å². The van der Waals surface area contributed by atoms with Crippen molar-refractivity contribution in [1.82, 2.24) is 0 Å². The van der Waals surface area contributed by atoms with Crippen LogP contribution in [0.4, 0.5) is 8.78 Å². The summed E-state index contributed by atoms with van der Waals surface area (Å²) in [6, 6.07) is 2.80. The van der Waals surface area contributed by atoms with E-state index in [1.165, 1.54) is 0 Å². The molecule has 2 nitrogen and oxygen atoms in total. The van der Waals surface area contributed by atoms with Crippen molar-refractivity contribution < 1.29 is 13.6 Å². The number of hydrogen-bond donors (Lipinski definition) is 1. The van der Waals surface area contributed by atoms with Gasteiger partial charge in [-0.15, -0.1) is 0 Å². The molecule has 0 bridgehead atoms. The third-order valence-corrected chi connectivity index (χ3v) is 1.02. The van der Waals surface area contributed by atoms with Crippen molar-refractivity contribution in [2.24, 2.45) is 5.90 Å². The second-order valence-corrected chi connectivity index (χ2v) is 1.69. The van der Waals surface area contributed by atoms with Crippen LogP contribution in [0.5, 0.6) is 5.75 Å². The number of halogens is 2. The van der Waals surface area contributed by atoms with Crippen LogP contribution < -0.4 is 10.7 Å². The van der Waals surface area contributed by atoms with Gasteiger partial charge < -0.3 is 4.84 Å². The van der Waals surface area contributed by atoms with Crippen molar-refractivity contribution >= 4 is 0 Å². The summed E-state index contributed by atoms with van der Waals surface area (Å²) in [6.07, 6.45) is 0. The largest absolute Gasteiger partial charge is 0.408 e. The summed E-state index contributed by atoms with van der Waals surface area (Å²) in [7, 11) is 0. The van der Waals surface area contributed by atoms with E-state index >= 15 is 0 Å². The maximum atomic E-state index is 12.4. The molecule has 0 aliphatic rings. The molecule has 0 amide bonds. The fraction of sp³-hybridized carbons (Fsp3) is 0. The second-order valence-electron chi connectivity index (χ2n) is 1.69. The third kappa shape index (κ3) is 1.22. The molecule has 0 fully saturated rings. The van der Waals surface area contributed by atoms with Crippen molar-refractivity contribution in [2.75, 3.05) is 0 Å². The molecule has 4 heteroatoms. The highest BCUT2D eigenvalue weighted by molar-refractivity contribution is 5.24. The summed E-state index contributed by atoms with van der Waals surface area (Å²) >= 11 is 0. The molecule has 1 aromatic carbocycles. The summed E-state index contributed by atoms with van der Waals surface area (Å²) in [4.78, 5) is 4.01. The molecule has 1 aromatic rings. The zero-order valence-electron chi connectivity index (χ0n) is 4.97. The summed E-state index contributed by atoms with van der Waals surface area (Å²) in [5.74, 6) is 3.06. The lowest BCUT2D eigenvalue weighted by Crippen LogP contribution is -2.03. The smallest absolute Gasteiger partial charge is 0.185 e. The summed E-state index contributed by atoms with van der Waals surface area (Å²) in [6.45, 7) is 0. The van der Waals surface area contributed by atoms with Crippen LogP contribution in [0.15, 0.2) is 18.2 Å². The Kier molecular flexibility index (Phi) is 1.82. The number of benzene rings is 1. The fourth-order valence-electron chi connectivity index (χ4n) is 0.568. The molecule has 0 saturated heterocycles. The Morgan fingerprint density at radius 2 is 2.00 bits per heavy atom. The zero-order valence-corrected chi connectivity index (χ0v) is 4.97. The first-order chi connectivity index (χ1) is 4.74.